The summed E-state index contributed by atoms with van der Waals surface area (Å²) in [5.41, 5.74) is 2.22. The molecule has 1 aromatic carbocycles. The molecule has 0 fully saturated rings. The van der Waals surface area contributed by atoms with Crippen LogP contribution in [0.4, 0.5) is 16.5 Å². The second kappa shape index (κ2) is 5.78. The predicted molar refractivity (Wildman–Crippen MR) is 82.8 cm³/mol. The largest absolute Gasteiger partial charge is 0.331 e. The summed E-state index contributed by atoms with van der Waals surface area (Å²) in [5.74, 6) is 0. The summed E-state index contributed by atoms with van der Waals surface area (Å²) in [7, 11) is -0.544. The lowest BCUT2D eigenvalue weighted by Gasteiger charge is -2.14. The van der Waals surface area contributed by atoms with Gasteiger partial charge in [0.1, 0.15) is 0 Å². The van der Waals surface area contributed by atoms with Crippen LogP contribution in [0.3, 0.4) is 0 Å². The van der Waals surface area contributed by atoms with E-state index in [1.54, 1.807) is 18.2 Å². The summed E-state index contributed by atoms with van der Waals surface area (Å²) in [4.78, 5) is 4.30. The van der Waals surface area contributed by atoms with Crippen molar-refractivity contribution >= 4 is 38.1 Å². The van der Waals surface area contributed by atoms with Gasteiger partial charge in [0.15, 0.2) is 5.13 Å². The molecule has 0 aliphatic carbocycles. The van der Waals surface area contributed by atoms with Crippen molar-refractivity contribution in [1.82, 2.24) is 9.29 Å². The Morgan fingerprint density at radius 1 is 1.25 bits per heavy atom. The Kier molecular flexibility index (Phi) is 4.26. The Bertz CT molecular complexity index is 695. The van der Waals surface area contributed by atoms with E-state index in [1.165, 1.54) is 25.4 Å². The molecule has 8 heteroatoms. The van der Waals surface area contributed by atoms with Gasteiger partial charge in [-0.25, -0.2) is 4.98 Å². The average Bonchev–Trinajstić information content (AvgIpc) is 2.74. The van der Waals surface area contributed by atoms with Crippen LogP contribution in [0.1, 0.15) is 5.69 Å². The van der Waals surface area contributed by atoms with Gasteiger partial charge in [0, 0.05) is 25.2 Å². The van der Waals surface area contributed by atoms with Gasteiger partial charge in [-0.05, 0) is 25.1 Å². The van der Waals surface area contributed by atoms with Crippen LogP contribution in [0.25, 0.3) is 0 Å². The number of hydrogen-bond acceptors (Lipinski definition) is 5. The molecule has 1 aromatic heterocycles. The van der Waals surface area contributed by atoms with Crippen LogP contribution in [-0.2, 0) is 10.2 Å². The second-order valence-electron chi connectivity index (χ2n) is 4.39. The van der Waals surface area contributed by atoms with E-state index in [1.807, 2.05) is 18.4 Å². The highest BCUT2D eigenvalue weighted by Gasteiger charge is 2.13. The molecular weight excluding hydrogens is 296 g/mol. The van der Waals surface area contributed by atoms with Gasteiger partial charge >= 0.3 is 10.2 Å². The molecule has 2 N–H and O–H groups in total. The van der Waals surface area contributed by atoms with Crippen molar-refractivity contribution in [2.75, 3.05) is 24.1 Å². The Hall–Kier alpha value is -1.64. The van der Waals surface area contributed by atoms with Crippen molar-refractivity contribution in [2.24, 2.45) is 0 Å². The molecule has 0 unspecified atom stereocenters. The number of aryl methyl sites for hydroxylation is 1. The molecule has 0 bridgehead atoms. The fourth-order valence-electron chi connectivity index (χ4n) is 1.44. The van der Waals surface area contributed by atoms with E-state index in [0.29, 0.717) is 5.69 Å². The number of rotatable bonds is 5. The molecule has 0 amide bonds. The highest BCUT2D eigenvalue weighted by atomic mass is 32.2. The summed E-state index contributed by atoms with van der Waals surface area (Å²) in [6.45, 7) is 1.92. The highest BCUT2D eigenvalue weighted by Crippen LogP contribution is 2.23. The number of nitrogens with zero attached hydrogens (tertiary/aromatic N) is 2. The Morgan fingerprint density at radius 3 is 2.55 bits per heavy atom. The minimum absolute atomic E-state index is 0.497. The number of aromatic nitrogens is 1. The van der Waals surface area contributed by atoms with E-state index in [2.05, 4.69) is 15.0 Å². The predicted octanol–water partition coefficient (Wildman–Crippen LogP) is 2.41. The lowest BCUT2D eigenvalue weighted by molar-refractivity contribution is 0.527. The van der Waals surface area contributed by atoms with Gasteiger partial charge in [-0.2, -0.15) is 12.7 Å². The van der Waals surface area contributed by atoms with E-state index in [-0.39, 0.29) is 0 Å². The maximum atomic E-state index is 11.8. The third-order valence-electron chi connectivity index (χ3n) is 2.46. The molecule has 0 saturated heterocycles. The monoisotopic (exact) mass is 312 g/mol. The normalized spacial score (nSPS) is 11.6. The molecule has 0 aliphatic heterocycles. The summed E-state index contributed by atoms with van der Waals surface area (Å²) < 4.78 is 27.1. The van der Waals surface area contributed by atoms with Crippen LogP contribution in [0.5, 0.6) is 0 Å². The number of hydrogen-bond donors (Lipinski definition) is 2. The smallest absolute Gasteiger partial charge is 0.301 e. The molecule has 0 saturated carbocycles. The maximum absolute atomic E-state index is 11.8. The lowest BCUT2D eigenvalue weighted by atomic mass is 10.3. The molecule has 2 rings (SSSR count). The van der Waals surface area contributed by atoms with Gasteiger partial charge in [-0.3, -0.25) is 4.72 Å². The summed E-state index contributed by atoms with van der Waals surface area (Å²) in [5, 5.41) is 5.86. The fraction of sp³-hybridized carbons (Fsp3) is 0.250. The van der Waals surface area contributed by atoms with Crippen molar-refractivity contribution < 1.29 is 8.42 Å². The van der Waals surface area contributed by atoms with E-state index in [0.717, 1.165) is 20.8 Å². The first kappa shape index (κ1) is 14.8. The van der Waals surface area contributed by atoms with Crippen molar-refractivity contribution in [3.63, 3.8) is 0 Å². The van der Waals surface area contributed by atoms with Crippen molar-refractivity contribution in [1.29, 1.82) is 0 Å². The Labute approximate surface area is 122 Å². The van der Waals surface area contributed by atoms with Gasteiger partial charge in [0.2, 0.25) is 0 Å². The molecule has 20 heavy (non-hydrogen) atoms. The zero-order valence-electron chi connectivity index (χ0n) is 11.4. The molecule has 108 valence electrons. The molecule has 0 aliphatic rings. The molecule has 0 radical (unpaired) electrons. The maximum Gasteiger partial charge on any atom is 0.301 e. The van der Waals surface area contributed by atoms with Crippen LogP contribution >= 0.6 is 11.3 Å². The molecule has 0 spiro atoms. The third-order valence-corrected chi connectivity index (χ3v) is 4.79. The van der Waals surface area contributed by atoms with Crippen LogP contribution in [0.15, 0.2) is 29.6 Å². The van der Waals surface area contributed by atoms with Gasteiger partial charge in [-0.1, -0.05) is 6.07 Å². The molecule has 6 nitrogen and oxygen atoms in total. The minimum Gasteiger partial charge on any atom is -0.331 e. The number of thiazole rings is 1. The quantitative estimate of drug-likeness (QED) is 0.889. The topological polar surface area (TPSA) is 74.3 Å². The summed E-state index contributed by atoms with van der Waals surface area (Å²) in [6.07, 6.45) is 0. The minimum atomic E-state index is -3.49. The Balaban J connectivity index is 2.16. The van der Waals surface area contributed by atoms with Gasteiger partial charge < -0.3 is 5.32 Å². The van der Waals surface area contributed by atoms with E-state index < -0.39 is 10.2 Å². The average molecular weight is 312 g/mol. The van der Waals surface area contributed by atoms with Crippen molar-refractivity contribution in [3.05, 3.63) is 35.3 Å². The Morgan fingerprint density at radius 2 is 1.95 bits per heavy atom. The first-order valence-corrected chi connectivity index (χ1v) is 8.18. The molecule has 1 heterocycles. The van der Waals surface area contributed by atoms with E-state index in [9.17, 15) is 8.42 Å². The summed E-state index contributed by atoms with van der Waals surface area (Å²) >= 11 is 1.50. The SMILES string of the molecule is Cc1csc(Nc2cccc(NS(=O)(=O)N(C)C)c2)n1. The highest BCUT2D eigenvalue weighted by molar-refractivity contribution is 7.90. The number of anilines is 3. The molecule has 2 aromatic rings. The third kappa shape index (κ3) is 3.69. The van der Waals surface area contributed by atoms with Gasteiger partial charge in [0.25, 0.3) is 0 Å². The zero-order chi connectivity index (χ0) is 14.8. The number of benzene rings is 1. The first-order valence-electron chi connectivity index (χ1n) is 5.86. The van der Waals surface area contributed by atoms with Crippen LogP contribution in [0, 0.1) is 6.92 Å². The van der Waals surface area contributed by atoms with Crippen molar-refractivity contribution in [2.45, 2.75) is 6.92 Å². The van der Waals surface area contributed by atoms with Crippen molar-refractivity contribution in [3.8, 4) is 0 Å². The second-order valence-corrected chi connectivity index (χ2v) is 7.13. The fourth-order valence-corrected chi connectivity index (χ4v) is 2.75. The first-order chi connectivity index (χ1) is 9.37. The van der Waals surface area contributed by atoms with E-state index >= 15 is 0 Å². The van der Waals surface area contributed by atoms with Crippen LogP contribution < -0.4 is 10.0 Å². The van der Waals surface area contributed by atoms with Crippen LogP contribution in [0.2, 0.25) is 0 Å². The standard InChI is InChI=1S/C12H16N4O2S2/c1-9-8-19-12(13-9)14-10-5-4-6-11(7-10)15-20(17,18)16(2)3/h4-8,15H,1-3H3,(H,13,14). The number of nitrogens with one attached hydrogen (secondary N) is 2. The van der Waals surface area contributed by atoms with Crippen LogP contribution in [-0.4, -0.2) is 31.8 Å². The van der Waals surface area contributed by atoms with Gasteiger partial charge in [-0.15, -0.1) is 11.3 Å². The zero-order valence-corrected chi connectivity index (χ0v) is 13.0. The molecule has 0 atom stereocenters. The molecular formula is C12H16N4O2S2. The lowest BCUT2D eigenvalue weighted by Crippen LogP contribution is -2.28. The summed E-state index contributed by atoms with van der Waals surface area (Å²) in [6, 6.07) is 7.04. The van der Waals surface area contributed by atoms with Gasteiger partial charge in [0.05, 0.1) is 11.4 Å². The van der Waals surface area contributed by atoms with E-state index in [4.69, 9.17) is 0 Å².